The van der Waals surface area contributed by atoms with Gasteiger partial charge in [0.05, 0.1) is 12.8 Å². The summed E-state index contributed by atoms with van der Waals surface area (Å²) in [6, 6.07) is 21.9. The number of rotatable bonds is 3. The van der Waals surface area contributed by atoms with E-state index in [0.29, 0.717) is 5.71 Å². The average Bonchev–Trinajstić information content (AvgIpc) is 2.54. The monoisotopic (exact) mass is 261 g/mol. The molecule has 0 fully saturated rings. The summed E-state index contributed by atoms with van der Waals surface area (Å²) in [6.07, 6.45) is 0. The van der Waals surface area contributed by atoms with Crippen molar-refractivity contribution in [3.63, 3.8) is 0 Å². The van der Waals surface area contributed by atoms with E-state index in [1.54, 1.807) is 7.11 Å². The van der Waals surface area contributed by atoms with Crippen molar-refractivity contribution < 1.29 is 4.74 Å². The summed E-state index contributed by atoms with van der Waals surface area (Å²) in [5, 5.41) is 10.7. The van der Waals surface area contributed by atoms with E-state index in [1.165, 1.54) is 5.39 Å². The molecule has 0 atom stereocenters. The molecule has 98 valence electrons. The van der Waals surface area contributed by atoms with Crippen LogP contribution in [-0.4, -0.2) is 12.8 Å². The molecule has 2 heteroatoms. The van der Waals surface area contributed by atoms with E-state index in [4.69, 9.17) is 10.1 Å². The van der Waals surface area contributed by atoms with Gasteiger partial charge in [-0.05, 0) is 41.1 Å². The lowest BCUT2D eigenvalue weighted by molar-refractivity contribution is 0.415. The maximum absolute atomic E-state index is 8.33. The third kappa shape index (κ3) is 2.28. The van der Waals surface area contributed by atoms with Gasteiger partial charge in [0.2, 0.25) is 0 Å². The molecule has 0 saturated carbocycles. The Kier molecular flexibility index (Phi) is 3.21. The van der Waals surface area contributed by atoms with E-state index in [-0.39, 0.29) is 0 Å². The fraction of sp³-hybridized carbons (Fsp3) is 0.0556. The number of hydrogen-bond donors (Lipinski definition) is 1. The zero-order valence-electron chi connectivity index (χ0n) is 11.3. The maximum Gasteiger partial charge on any atom is 0.118 e. The van der Waals surface area contributed by atoms with Crippen LogP contribution in [0.1, 0.15) is 11.1 Å². The van der Waals surface area contributed by atoms with Crippen molar-refractivity contribution in [3.8, 4) is 5.75 Å². The van der Waals surface area contributed by atoms with Crippen LogP contribution in [0.5, 0.6) is 5.75 Å². The Labute approximate surface area is 118 Å². The van der Waals surface area contributed by atoms with E-state index >= 15 is 0 Å². The average molecular weight is 261 g/mol. The second-order valence-corrected chi connectivity index (χ2v) is 4.67. The lowest BCUT2D eigenvalue weighted by atomic mass is 9.99. The molecule has 0 bridgehead atoms. The highest BCUT2D eigenvalue weighted by Gasteiger charge is 2.05. The van der Waals surface area contributed by atoms with Crippen LogP contribution >= 0.6 is 0 Å². The van der Waals surface area contributed by atoms with Crippen LogP contribution in [0.15, 0.2) is 66.7 Å². The smallest absolute Gasteiger partial charge is 0.118 e. The molecule has 20 heavy (non-hydrogen) atoms. The summed E-state index contributed by atoms with van der Waals surface area (Å²) < 4.78 is 5.14. The molecule has 0 spiro atoms. The molecule has 3 aromatic rings. The predicted molar refractivity (Wildman–Crippen MR) is 82.9 cm³/mol. The Morgan fingerprint density at radius 2 is 1.45 bits per heavy atom. The third-order valence-electron chi connectivity index (χ3n) is 3.42. The van der Waals surface area contributed by atoms with Gasteiger partial charge >= 0.3 is 0 Å². The molecule has 0 radical (unpaired) electrons. The second kappa shape index (κ2) is 5.17. The van der Waals surface area contributed by atoms with Crippen LogP contribution in [0.3, 0.4) is 0 Å². The van der Waals surface area contributed by atoms with Gasteiger partial charge in [0, 0.05) is 11.1 Å². The second-order valence-electron chi connectivity index (χ2n) is 4.67. The molecule has 1 N–H and O–H groups in total. The summed E-state index contributed by atoms with van der Waals surface area (Å²) in [6.45, 7) is 0. The van der Waals surface area contributed by atoms with Crippen molar-refractivity contribution >= 4 is 16.5 Å². The molecule has 0 saturated heterocycles. The summed E-state index contributed by atoms with van der Waals surface area (Å²) in [5.74, 6) is 0.806. The molecule has 3 aromatic carbocycles. The van der Waals surface area contributed by atoms with Gasteiger partial charge < -0.3 is 4.74 Å². The zero-order valence-corrected chi connectivity index (χ0v) is 11.3. The largest absolute Gasteiger partial charge is 0.497 e. The summed E-state index contributed by atoms with van der Waals surface area (Å²) in [7, 11) is 1.64. The van der Waals surface area contributed by atoms with Gasteiger partial charge in [-0.3, -0.25) is 5.41 Å². The van der Waals surface area contributed by atoms with E-state index in [9.17, 15) is 0 Å². The Morgan fingerprint density at radius 1 is 0.800 bits per heavy atom. The normalized spacial score (nSPS) is 10.4. The zero-order chi connectivity index (χ0) is 13.9. The van der Waals surface area contributed by atoms with Crippen LogP contribution in [0, 0.1) is 5.41 Å². The van der Waals surface area contributed by atoms with Gasteiger partial charge in [0.25, 0.3) is 0 Å². The number of ether oxygens (including phenoxy) is 1. The minimum Gasteiger partial charge on any atom is -0.497 e. The van der Waals surface area contributed by atoms with Crippen molar-refractivity contribution in [2.24, 2.45) is 0 Å². The standard InChI is InChI=1S/C18H15NO/c1-20-17-10-8-14(9-11-17)18(19)16-7-6-13-4-2-3-5-15(13)12-16/h2-12,19H,1H3. The maximum atomic E-state index is 8.33. The molecule has 0 aromatic heterocycles. The van der Waals surface area contributed by atoms with E-state index in [2.05, 4.69) is 24.3 Å². The third-order valence-corrected chi connectivity index (χ3v) is 3.42. The van der Waals surface area contributed by atoms with Crippen LogP contribution in [0.4, 0.5) is 0 Å². The van der Waals surface area contributed by atoms with Crippen molar-refractivity contribution in [2.75, 3.05) is 7.11 Å². The van der Waals surface area contributed by atoms with Crippen LogP contribution < -0.4 is 4.74 Å². The lowest BCUT2D eigenvalue weighted by Gasteiger charge is -2.07. The molecular formula is C18H15NO. The first-order chi connectivity index (χ1) is 9.78. The predicted octanol–water partition coefficient (Wildman–Crippen LogP) is 4.26. The summed E-state index contributed by atoms with van der Waals surface area (Å²) >= 11 is 0. The fourth-order valence-electron chi connectivity index (χ4n) is 2.27. The topological polar surface area (TPSA) is 33.1 Å². The Balaban J connectivity index is 1.98. The van der Waals surface area contributed by atoms with Crippen molar-refractivity contribution in [3.05, 3.63) is 77.9 Å². The van der Waals surface area contributed by atoms with E-state index < -0.39 is 0 Å². The van der Waals surface area contributed by atoms with Gasteiger partial charge in [-0.2, -0.15) is 0 Å². The van der Waals surface area contributed by atoms with Gasteiger partial charge in [-0.25, -0.2) is 0 Å². The number of nitrogens with one attached hydrogen (secondary N) is 1. The molecule has 0 amide bonds. The van der Waals surface area contributed by atoms with Crippen LogP contribution in [0.2, 0.25) is 0 Å². The molecule has 0 unspecified atom stereocenters. The molecule has 2 nitrogen and oxygen atoms in total. The van der Waals surface area contributed by atoms with Crippen LogP contribution in [0.25, 0.3) is 10.8 Å². The molecule has 0 heterocycles. The minimum atomic E-state index is 0.526. The Morgan fingerprint density at radius 3 is 2.15 bits per heavy atom. The number of methoxy groups -OCH3 is 1. The van der Waals surface area contributed by atoms with Gasteiger partial charge in [-0.1, -0.05) is 36.4 Å². The van der Waals surface area contributed by atoms with E-state index in [1.807, 2.05) is 42.5 Å². The number of hydrogen-bond acceptors (Lipinski definition) is 2. The minimum absolute atomic E-state index is 0.526. The van der Waals surface area contributed by atoms with Gasteiger partial charge in [0.15, 0.2) is 0 Å². The SMILES string of the molecule is COc1ccc(C(=N)c2ccc3ccccc3c2)cc1. The molecule has 0 aliphatic carbocycles. The lowest BCUT2D eigenvalue weighted by Crippen LogP contribution is -2.01. The highest BCUT2D eigenvalue weighted by molar-refractivity contribution is 6.12. The van der Waals surface area contributed by atoms with Gasteiger partial charge in [0.1, 0.15) is 5.75 Å². The molecule has 0 aliphatic rings. The summed E-state index contributed by atoms with van der Waals surface area (Å²) in [5.41, 5.74) is 2.34. The Bertz CT molecular complexity index is 760. The molecular weight excluding hydrogens is 246 g/mol. The van der Waals surface area contributed by atoms with E-state index in [0.717, 1.165) is 22.3 Å². The first-order valence-electron chi connectivity index (χ1n) is 6.50. The molecule has 0 aliphatic heterocycles. The quantitative estimate of drug-likeness (QED) is 0.702. The number of fused-ring (bicyclic) bond motifs is 1. The van der Waals surface area contributed by atoms with Gasteiger partial charge in [-0.15, -0.1) is 0 Å². The molecule has 3 rings (SSSR count). The highest BCUT2D eigenvalue weighted by atomic mass is 16.5. The van der Waals surface area contributed by atoms with Crippen molar-refractivity contribution in [1.29, 1.82) is 5.41 Å². The number of benzene rings is 3. The van der Waals surface area contributed by atoms with Crippen molar-refractivity contribution in [2.45, 2.75) is 0 Å². The van der Waals surface area contributed by atoms with Crippen LogP contribution in [-0.2, 0) is 0 Å². The first kappa shape index (κ1) is 12.4. The van der Waals surface area contributed by atoms with Crippen molar-refractivity contribution in [1.82, 2.24) is 0 Å². The fourth-order valence-corrected chi connectivity index (χ4v) is 2.27. The highest BCUT2D eigenvalue weighted by Crippen LogP contribution is 2.19. The first-order valence-corrected chi connectivity index (χ1v) is 6.50. The Hall–Kier alpha value is -2.61. The summed E-state index contributed by atoms with van der Waals surface area (Å²) in [4.78, 5) is 0.